The Morgan fingerprint density at radius 2 is 1.63 bits per heavy atom. The van der Waals surface area contributed by atoms with Crippen LogP contribution in [0.4, 0.5) is 16.2 Å². The Morgan fingerprint density at radius 3 is 2.37 bits per heavy atom. The van der Waals surface area contributed by atoms with Crippen LogP contribution in [0.1, 0.15) is 30.4 Å². The molecule has 9 nitrogen and oxygen atoms in total. The van der Waals surface area contributed by atoms with E-state index in [4.69, 9.17) is 4.74 Å². The lowest BCUT2D eigenvalue weighted by atomic mass is 9.97. The molecule has 1 saturated heterocycles. The highest BCUT2D eigenvalue weighted by molar-refractivity contribution is 6.39. The number of anilines is 2. The molecule has 0 aromatic heterocycles. The molecule has 2 aromatic carbocycles. The van der Waals surface area contributed by atoms with E-state index in [9.17, 15) is 19.2 Å². The zero-order valence-electron chi connectivity index (χ0n) is 19.4. The van der Waals surface area contributed by atoms with Crippen LogP contribution in [0.15, 0.2) is 42.5 Å². The summed E-state index contributed by atoms with van der Waals surface area (Å²) in [6.07, 6.45) is 2.92. The molecule has 3 aliphatic rings. The van der Waals surface area contributed by atoms with Gasteiger partial charge >= 0.3 is 17.9 Å². The van der Waals surface area contributed by atoms with Crippen molar-refractivity contribution in [2.45, 2.75) is 32.1 Å². The average Bonchev–Trinajstić information content (AvgIpc) is 3.31. The zero-order chi connectivity index (χ0) is 24.4. The molecule has 9 heteroatoms. The number of ether oxygens (including phenoxy) is 1. The maximum atomic E-state index is 12.5. The van der Waals surface area contributed by atoms with E-state index in [1.807, 2.05) is 35.2 Å². The quantitative estimate of drug-likeness (QED) is 0.660. The highest BCUT2D eigenvalue weighted by atomic mass is 16.6. The minimum atomic E-state index is -0.706. The number of likely N-dealkylation sites (tertiary alicyclic amines) is 1. The van der Waals surface area contributed by atoms with Crippen molar-refractivity contribution in [1.29, 1.82) is 0 Å². The maximum absolute atomic E-state index is 12.5. The van der Waals surface area contributed by atoms with Gasteiger partial charge in [-0.25, -0.2) is 4.79 Å². The van der Waals surface area contributed by atoms with Gasteiger partial charge in [0, 0.05) is 38.3 Å². The minimum Gasteiger partial charge on any atom is -0.410 e. The number of hydrogen-bond donors (Lipinski definition) is 2. The van der Waals surface area contributed by atoms with Gasteiger partial charge in [0.15, 0.2) is 0 Å². The number of hydrogen-bond acceptors (Lipinski definition) is 5. The predicted octanol–water partition coefficient (Wildman–Crippen LogP) is 2.49. The fraction of sp³-hybridized carbons (Fsp3) is 0.385. The highest BCUT2D eigenvalue weighted by Gasteiger charge is 2.32. The summed E-state index contributed by atoms with van der Waals surface area (Å²) in [6.45, 7) is 2.12. The molecule has 5 rings (SSSR count). The molecule has 0 spiro atoms. The van der Waals surface area contributed by atoms with Crippen molar-refractivity contribution < 1.29 is 23.9 Å². The zero-order valence-corrected chi connectivity index (χ0v) is 19.4. The second-order valence-electron chi connectivity index (χ2n) is 9.21. The fourth-order valence-electron chi connectivity index (χ4n) is 5.01. The summed E-state index contributed by atoms with van der Waals surface area (Å²) >= 11 is 0. The van der Waals surface area contributed by atoms with Crippen molar-refractivity contribution in [2.75, 3.05) is 36.4 Å². The lowest BCUT2D eigenvalue weighted by Crippen LogP contribution is -2.44. The van der Waals surface area contributed by atoms with Gasteiger partial charge in [-0.1, -0.05) is 18.2 Å². The molecular formula is C26H28N4O5. The molecular weight excluding hydrogens is 448 g/mol. The Balaban J connectivity index is 1.08. The number of amides is 4. The van der Waals surface area contributed by atoms with Crippen LogP contribution in [-0.2, 0) is 27.2 Å². The van der Waals surface area contributed by atoms with Crippen LogP contribution in [0.5, 0.6) is 5.75 Å². The molecule has 3 heterocycles. The van der Waals surface area contributed by atoms with E-state index in [0.29, 0.717) is 50.5 Å². The molecule has 2 aromatic rings. The summed E-state index contributed by atoms with van der Waals surface area (Å²) in [7, 11) is 0. The van der Waals surface area contributed by atoms with E-state index in [1.165, 1.54) is 0 Å². The van der Waals surface area contributed by atoms with Crippen molar-refractivity contribution in [3.63, 3.8) is 0 Å². The summed E-state index contributed by atoms with van der Waals surface area (Å²) < 4.78 is 5.38. The van der Waals surface area contributed by atoms with E-state index >= 15 is 0 Å². The Labute approximate surface area is 203 Å². The molecule has 0 radical (unpaired) electrons. The number of carbonyl (C=O) groups is 4. The van der Waals surface area contributed by atoms with Gasteiger partial charge in [0.25, 0.3) is 0 Å². The summed E-state index contributed by atoms with van der Waals surface area (Å²) in [5, 5.41) is 5.43. The second-order valence-corrected chi connectivity index (χ2v) is 9.21. The highest BCUT2D eigenvalue weighted by Crippen LogP contribution is 2.38. The van der Waals surface area contributed by atoms with Crippen LogP contribution < -0.4 is 20.3 Å². The van der Waals surface area contributed by atoms with Gasteiger partial charge < -0.3 is 25.2 Å². The number of para-hydroxylation sites is 1. The maximum Gasteiger partial charge on any atom is 0.415 e. The number of nitrogens with one attached hydrogen (secondary N) is 2. The Kier molecular flexibility index (Phi) is 6.39. The Morgan fingerprint density at radius 1 is 0.914 bits per heavy atom. The molecule has 0 atom stereocenters. The largest absolute Gasteiger partial charge is 0.415 e. The number of carbonyl (C=O) groups excluding carboxylic acids is 4. The topological polar surface area (TPSA) is 108 Å². The number of aryl methyl sites for hydroxylation is 1. The van der Waals surface area contributed by atoms with E-state index in [1.54, 1.807) is 17.0 Å². The van der Waals surface area contributed by atoms with Crippen LogP contribution in [0.3, 0.4) is 0 Å². The molecule has 2 N–H and O–H groups in total. The standard InChI is InChI=1S/C26H28N4O5/c31-22-7-6-18-14-20(15-19-10-13-30(22)23(18)19)28-25(33)24(32)27-16-17-8-11-29(12-9-17)26(34)35-21-4-2-1-3-5-21/h1-5,14-15,17H,6-13,16H2,(H,27,32)(H,28,33). The molecule has 0 bridgehead atoms. The van der Waals surface area contributed by atoms with Crippen LogP contribution in [0, 0.1) is 5.92 Å². The molecule has 0 unspecified atom stereocenters. The molecule has 4 amide bonds. The first kappa shape index (κ1) is 22.9. The van der Waals surface area contributed by atoms with E-state index in [-0.39, 0.29) is 17.9 Å². The van der Waals surface area contributed by atoms with Gasteiger partial charge in [-0.2, -0.15) is 0 Å². The van der Waals surface area contributed by atoms with Gasteiger partial charge in [0.05, 0.1) is 5.69 Å². The van der Waals surface area contributed by atoms with Gasteiger partial charge in [0.2, 0.25) is 5.91 Å². The van der Waals surface area contributed by atoms with Crippen LogP contribution >= 0.6 is 0 Å². The molecule has 182 valence electrons. The third-order valence-corrected chi connectivity index (χ3v) is 6.89. The third-order valence-electron chi connectivity index (χ3n) is 6.89. The first-order valence-electron chi connectivity index (χ1n) is 12.0. The fourth-order valence-corrected chi connectivity index (χ4v) is 5.01. The first-order valence-corrected chi connectivity index (χ1v) is 12.0. The van der Waals surface area contributed by atoms with Crippen LogP contribution in [0.2, 0.25) is 0 Å². The number of piperidine rings is 1. The van der Waals surface area contributed by atoms with Crippen molar-refractivity contribution in [3.05, 3.63) is 53.6 Å². The number of nitrogens with zero attached hydrogens (tertiary/aromatic N) is 2. The second kappa shape index (κ2) is 9.77. The van der Waals surface area contributed by atoms with Crippen LogP contribution in [-0.4, -0.2) is 54.9 Å². The lowest BCUT2D eigenvalue weighted by molar-refractivity contribution is -0.136. The van der Waals surface area contributed by atoms with Crippen LogP contribution in [0.25, 0.3) is 0 Å². The van der Waals surface area contributed by atoms with E-state index in [2.05, 4.69) is 10.6 Å². The van der Waals surface area contributed by atoms with Crippen molar-refractivity contribution in [1.82, 2.24) is 10.2 Å². The molecule has 35 heavy (non-hydrogen) atoms. The monoisotopic (exact) mass is 476 g/mol. The van der Waals surface area contributed by atoms with Crippen molar-refractivity contribution >= 4 is 35.2 Å². The van der Waals surface area contributed by atoms with Gasteiger partial charge in [0.1, 0.15) is 5.75 Å². The SMILES string of the molecule is O=C(NCC1CCN(C(=O)Oc2ccccc2)CC1)C(=O)Nc1cc2c3c(c1)CCN3C(=O)CC2. The Bertz CT molecular complexity index is 1160. The van der Waals surface area contributed by atoms with Crippen molar-refractivity contribution in [2.24, 2.45) is 5.92 Å². The number of rotatable bonds is 4. The molecule has 0 saturated carbocycles. The van der Waals surface area contributed by atoms with Gasteiger partial charge in [-0.05, 0) is 67.0 Å². The predicted molar refractivity (Wildman–Crippen MR) is 129 cm³/mol. The van der Waals surface area contributed by atoms with Gasteiger partial charge in [-0.15, -0.1) is 0 Å². The van der Waals surface area contributed by atoms with Gasteiger partial charge in [-0.3, -0.25) is 14.4 Å². The smallest absolute Gasteiger partial charge is 0.410 e. The van der Waals surface area contributed by atoms with E-state index in [0.717, 1.165) is 36.1 Å². The summed E-state index contributed by atoms with van der Waals surface area (Å²) in [6, 6.07) is 12.7. The summed E-state index contributed by atoms with van der Waals surface area (Å²) in [5.41, 5.74) is 3.62. The Hall–Kier alpha value is -3.88. The normalized spacial score (nSPS) is 17.1. The molecule has 1 fully saturated rings. The summed E-state index contributed by atoms with van der Waals surface area (Å²) in [5.74, 6) is -0.548. The minimum absolute atomic E-state index is 0.145. The third kappa shape index (κ3) is 4.99. The molecule has 0 aliphatic carbocycles. The lowest BCUT2D eigenvalue weighted by Gasteiger charge is -2.31. The first-order chi connectivity index (χ1) is 17.0. The van der Waals surface area contributed by atoms with Crippen molar-refractivity contribution in [3.8, 4) is 5.75 Å². The summed E-state index contributed by atoms with van der Waals surface area (Å²) in [4.78, 5) is 52.7. The number of benzene rings is 2. The molecule has 3 aliphatic heterocycles. The average molecular weight is 477 g/mol. The van der Waals surface area contributed by atoms with E-state index < -0.39 is 11.8 Å².